The summed E-state index contributed by atoms with van der Waals surface area (Å²) in [6.45, 7) is 0.882. The summed E-state index contributed by atoms with van der Waals surface area (Å²) in [4.78, 5) is 5.76. The Morgan fingerprint density at radius 1 is 1.24 bits per heavy atom. The molecule has 0 saturated carbocycles. The topological polar surface area (TPSA) is 42.7 Å². The third kappa shape index (κ3) is 3.48. The third-order valence-electron chi connectivity index (χ3n) is 4.74. The van der Waals surface area contributed by atoms with Gasteiger partial charge in [0.2, 0.25) is 0 Å². The van der Waals surface area contributed by atoms with Gasteiger partial charge in [0.25, 0.3) is 0 Å². The average Bonchev–Trinajstić information content (AvgIpc) is 3.12. The first-order valence-corrected chi connectivity index (χ1v) is 9.92. The summed E-state index contributed by atoms with van der Waals surface area (Å²) >= 11 is 1.79. The van der Waals surface area contributed by atoms with Crippen LogP contribution in [0.1, 0.15) is 35.7 Å². The zero-order valence-electron chi connectivity index (χ0n) is 14.4. The van der Waals surface area contributed by atoms with Gasteiger partial charge in [-0.15, -0.1) is 11.8 Å². The van der Waals surface area contributed by atoms with Crippen LogP contribution in [0.25, 0.3) is 5.82 Å². The molecule has 0 saturated heterocycles. The van der Waals surface area contributed by atoms with E-state index in [1.54, 1.807) is 11.8 Å². The second-order valence-electron chi connectivity index (χ2n) is 6.32. The maximum Gasteiger partial charge on any atom is 0.153 e. The van der Waals surface area contributed by atoms with Crippen molar-refractivity contribution < 1.29 is 0 Å². The second-order valence-corrected chi connectivity index (χ2v) is 7.20. The molecule has 4 rings (SSSR count). The number of rotatable bonds is 5. The van der Waals surface area contributed by atoms with Crippen LogP contribution in [0.2, 0.25) is 0 Å². The monoisotopic (exact) mass is 350 g/mol. The Morgan fingerprint density at radius 3 is 3.04 bits per heavy atom. The summed E-state index contributed by atoms with van der Waals surface area (Å²) in [6, 6.07) is 15.1. The molecule has 3 aromatic rings. The lowest BCUT2D eigenvalue weighted by Crippen LogP contribution is -2.25. The Labute approximate surface area is 152 Å². The molecule has 0 radical (unpaired) electrons. The molecule has 0 unspecified atom stereocenters. The van der Waals surface area contributed by atoms with Crippen molar-refractivity contribution in [2.24, 2.45) is 0 Å². The van der Waals surface area contributed by atoms with Crippen LogP contribution in [-0.2, 0) is 13.0 Å². The van der Waals surface area contributed by atoms with Crippen molar-refractivity contribution in [3.8, 4) is 5.82 Å². The average molecular weight is 350 g/mol. The van der Waals surface area contributed by atoms with Crippen molar-refractivity contribution in [3.05, 3.63) is 71.7 Å². The summed E-state index contributed by atoms with van der Waals surface area (Å²) in [5.41, 5.74) is 3.94. The van der Waals surface area contributed by atoms with Gasteiger partial charge in [-0.25, -0.2) is 9.67 Å². The maximum atomic E-state index is 4.61. The first-order valence-electron chi connectivity index (χ1n) is 8.69. The molecule has 1 N–H and O–H groups in total. The first-order chi connectivity index (χ1) is 12.3. The van der Waals surface area contributed by atoms with Crippen molar-refractivity contribution >= 4 is 11.8 Å². The van der Waals surface area contributed by atoms with Crippen molar-refractivity contribution in [1.82, 2.24) is 20.1 Å². The summed E-state index contributed by atoms with van der Waals surface area (Å²) in [6.07, 6.45) is 9.34. The van der Waals surface area contributed by atoms with Crippen molar-refractivity contribution in [2.45, 2.75) is 36.7 Å². The summed E-state index contributed by atoms with van der Waals surface area (Å²) in [5.74, 6) is 0.900. The highest BCUT2D eigenvalue weighted by atomic mass is 32.2. The van der Waals surface area contributed by atoms with Gasteiger partial charge in [0.05, 0.1) is 11.9 Å². The minimum absolute atomic E-state index is 0.360. The summed E-state index contributed by atoms with van der Waals surface area (Å²) in [7, 11) is 0. The van der Waals surface area contributed by atoms with Crippen LogP contribution in [0, 0.1) is 0 Å². The van der Waals surface area contributed by atoms with Gasteiger partial charge in [0, 0.05) is 29.2 Å². The van der Waals surface area contributed by atoms with Crippen molar-refractivity contribution in [3.63, 3.8) is 0 Å². The summed E-state index contributed by atoms with van der Waals surface area (Å²) in [5, 5.41) is 8.34. The Kier molecular flexibility index (Phi) is 4.85. The standard InChI is InChI=1S/C20H22N4S/c1-25-16-7-4-6-15(12-16)13-22-18-8-5-9-19-17(18)14-23-24(19)20-10-2-3-11-21-20/h2-4,6-7,10-12,14,18,22H,5,8-9,13H2,1H3/t18-/m0/s1. The molecule has 0 fully saturated rings. The lowest BCUT2D eigenvalue weighted by molar-refractivity contribution is 0.454. The highest BCUT2D eigenvalue weighted by molar-refractivity contribution is 7.98. The van der Waals surface area contributed by atoms with E-state index >= 15 is 0 Å². The van der Waals surface area contributed by atoms with Gasteiger partial charge in [-0.3, -0.25) is 0 Å². The SMILES string of the molecule is CSc1cccc(CN[C@H]2CCCc3c2cnn3-c2ccccn2)c1. The molecule has 1 aliphatic carbocycles. The molecule has 1 aromatic carbocycles. The molecule has 1 atom stereocenters. The molecule has 128 valence electrons. The molecule has 0 bridgehead atoms. The number of fused-ring (bicyclic) bond motifs is 1. The van der Waals surface area contributed by atoms with Crippen LogP contribution < -0.4 is 5.32 Å². The van der Waals surface area contributed by atoms with Gasteiger partial charge >= 0.3 is 0 Å². The van der Waals surface area contributed by atoms with E-state index in [0.29, 0.717) is 6.04 Å². The van der Waals surface area contributed by atoms with Gasteiger partial charge in [0.1, 0.15) is 0 Å². The van der Waals surface area contributed by atoms with Crippen LogP contribution in [0.4, 0.5) is 0 Å². The number of benzene rings is 1. The lowest BCUT2D eigenvalue weighted by Gasteiger charge is -2.24. The Morgan fingerprint density at radius 2 is 2.20 bits per heavy atom. The first kappa shape index (κ1) is 16.4. The summed E-state index contributed by atoms with van der Waals surface area (Å²) < 4.78 is 2.00. The molecule has 2 heterocycles. The van der Waals surface area contributed by atoms with Gasteiger partial charge in [0.15, 0.2) is 5.82 Å². The van der Waals surface area contributed by atoms with E-state index < -0.39 is 0 Å². The van der Waals surface area contributed by atoms with Gasteiger partial charge in [-0.1, -0.05) is 18.2 Å². The smallest absolute Gasteiger partial charge is 0.153 e. The fourth-order valence-corrected chi connectivity index (χ4v) is 3.95. The minimum atomic E-state index is 0.360. The van der Waals surface area contributed by atoms with E-state index in [1.165, 1.54) is 28.1 Å². The number of nitrogens with one attached hydrogen (secondary N) is 1. The van der Waals surface area contributed by atoms with Crippen LogP contribution >= 0.6 is 11.8 Å². The lowest BCUT2D eigenvalue weighted by atomic mass is 9.93. The molecule has 1 aliphatic rings. The van der Waals surface area contributed by atoms with E-state index in [2.05, 4.69) is 45.9 Å². The molecule has 0 spiro atoms. The number of aromatic nitrogens is 3. The molecular formula is C20H22N4S. The predicted octanol–water partition coefficient (Wildman–Crippen LogP) is 4.16. The highest BCUT2D eigenvalue weighted by Crippen LogP contribution is 2.31. The second kappa shape index (κ2) is 7.42. The van der Waals surface area contributed by atoms with E-state index in [0.717, 1.165) is 25.2 Å². The number of hydrogen-bond donors (Lipinski definition) is 1. The number of hydrogen-bond acceptors (Lipinski definition) is 4. The third-order valence-corrected chi connectivity index (χ3v) is 5.46. The van der Waals surface area contributed by atoms with Crippen LogP contribution in [-0.4, -0.2) is 21.0 Å². The van der Waals surface area contributed by atoms with E-state index in [-0.39, 0.29) is 0 Å². The Balaban J connectivity index is 1.53. The molecule has 5 heteroatoms. The molecule has 0 aliphatic heterocycles. The van der Waals surface area contributed by atoms with E-state index in [9.17, 15) is 0 Å². The zero-order valence-corrected chi connectivity index (χ0v) is 15.2. The quantitative estimate of drug-likeness (QED) is 0.702. The highest BCUT2D eigenvalue weighted by Gasteiger charge is 2.24. The van der Waals surface area contributed by atoms with Crippen LogP contribution in [0.5, 0.6) is 0 Å². The van der Waals surface area contributed by atoms with Gasteiger partial charge < -0.3 is 5.32 Å². The number of nitrogens with zero attached hydrogens (tertiary/aromatic N) is 3. The fraction of sp³-hybridized carbons (Fsp3) is 0.300. The minimum Gasteiger partial charge on any atom is -0.306 e. The normalized spacial score (nSPS) is 16.6. The molecule has 25 heavy (non-hydrogen) atoms. The Bertz CT molecular complexity index is 844. The molecule has 2 aromatic heterocycles. The van der Waals surface area contributed by atoms with Gasteiger partial charge in [-0.05, 0) is 55.3 Å². The molecule has 0 amide bonds. The van der Waals surface area contributed by atoms with E-state index in [4.69, 9.17) is 0 Å². The fourth-order valence-electron chi connectivity index (χ4n) is 3.47. The van der Waals surface area contributed by atoms with Gasteiger partial charge in [-0.2, -0.15) is 5.10 Å². The van der Waals surface area contributed by atoms with E-state index in [1.807, 2.05) is 35.3 Å². The zero-order chi connectivity index (χ0) is 17.1. The van der Waals surface area contributed by atoms with Crippen molar-refractivity contribution in [2.75, 3.05) is 6.26 Å². The Hall–Kier alpha value is -2.11. The maximum absolute atomic E-state index is 4.61. The molecular weight excluding hydrogens is 328 g/mol. The van der Waals surface area contributed by atoms with Crippen LogP contribution in [0.15, 0.2) is 59.8 Å². The largest absolute Gasteiger partial charge is 0.306 e. The predicted molar refractivity (Wildman–Crippen MR) is 102 cm³/mol. The number of pyridine rings is 1. The van der Waals surface area contributed by atoms with Crippen LogP contribution in [0.3, 0.4) is 0 Å². The molecule has 4 nitrogen and oxygen atoms in total. The van der Waals surface area contributed by atoms with Crippen molar-refractivity contribution in [1.29, 1.82) is 0 Å². The number of thioether (sulfide) groups is 1.